The van der Waals surface area contributed by atoms with Crippen LogP contribution in [0.15, 0.2) is 0 Å². The molecule has 0 aromatic heterocycles. The molecule has 0 N–H and O–H groups in total. The van der Waals surface area contributed by atoms with Crippen LogP contribution in [0.4, 0.5) is 0 Å². The van der Waals surface area contributed by atoms with Gasteiger partial charge in [-0.15, -0.1) is 0 Å². The van der Waals surface area contributed by atoms with Gasteiger partial charge in [0.15, 0.2) is 0 Å². The fourth-order valence-electron chi connectivity index (χ4n) is 2.19. The Labute approximate surface area is 119 Å². The molecule has 114 valence electrons. The first-order valence-corrected chi connectivity index (χ1v) is 6.90. The number of nitrogens with zero attached hydrogens (tertiary/aromatic N) is 1. The summed E-state index contributed by atoms with van der Waals surface area (Å²) >= 11 is 0. The summed E-state index contributed by atoms with van der Waals surface area (Å²) < 4.78 is 9.95. The van der Waals surface area contributed by atoms with Crippen molar-refractivity contribution in [1.82, 2.24) is 4.90 Å². The molecular weight excluding hydrogens is 262 g/mol. The summed E-state index contributed by atoms with van der Waals surface area (Å²) in [5.41, 5.74) is 0. The number of hydrogen-bond donors (Lipinski definition) is 0. The van der Waals surface area contributed by atoms with Crippen molar-refractivity contribution in [2.75, 3.05) is 20.2 Å². The number of hydrogen-bond acceptors (Lipinski definition) is 5. The van der Waals surface area contributed by atoms with Crippen LogP contribution >= 0.6 is 0 Å². The number of methoxy groups -OCH3 is 1. The molecule has 1 saturated heterocycles. The number of likely N-dealkylation sites (tertiary alicyclic amines) is 1. The van der Waals surface area contributed by atoms with Crippen LogP contribution < -0.4 is 0 Å². The summed E-state index contributed by atoms with van der Waals surface area (Å²) in [4.78, 5) is 36.3. The first-order chi connectivity index (χ1) is 9.36. The first kappa shape index (κ1) is 16.5. The molecule has 0 saturated carbocycles. The van der Waals surface area contributed by atoms with Gasteiger partial charge in [-0.3, -0.25) is 14.4 Å². The maximum atomic E-state index is 12.0. The number of amides is 1. The second-order valence-corrected chi connectivity index (χ2v) is 5.23. The molecule has 1 heterocycles. The van der Waals surface area contributed by atoms with Crippen LogP contribution in [0.5, 0.6) is 0 Å². The molecule has 0 radical (unpaired) electrons. The zero-order valence-corrected chi connectivity index (χ0v) is 12.5. The van der Waals surface area contributed by atoms with Crippen molar-refractivity contribution >= 4 is 17.8 Å². The standard InChI is InChI=1S/C14H23NO5/c1-9(13(17)19-4)10(2)20-14(18)12-5-7-15(8-6-12)11(3)16/h9-10,12H,5-8H2,1-4H3/t9-,10+/m1/s1. The van der Waals surface area contributed by atoms with Crippen LogP contribution in [-0.4, -0.2) is 49.0 Å². The monoisotopic (exact) mass is 285 g/mol. The summed E-state index contributed by atoms with van der Waals surface area (Å²) in [6.07, 6.45) is 0.705. The van der Waals surface area contributed by atoms with E-state index in [1.807, 2.05) is 0 Å². The van der Waals surface area contributed by atoms with Gasteiger partial charge in [-0.1, -0.05) is 0 Å². The molecule has 20 heavy (non-hydrogen) atoms. The number of carbonyl (C=O) groups is 3. The molecule has 1 rings (SSSR count). The van der Waals surface area contributed by atoms with E-state index < -0.39 is 18.0 Å². The zero-order valence-electron chi connectivity index (χ0n) is 12.5. The number of carbonyl (C=O) groups excluding carboxylic acids is 3. The third-order valence-corrected chi connectivity index (χ3v) is 3.85. The molecule has 1 fully saturated rings. The van der Waals surface area contributed by atoms with E-state index in [0.717, 1.165) is 0 Å². The fourth-order valence-corrected chi connectivity index (χ4v) is 2.19. The zero-order chi connectivity index (χ0) is 15.3. The minimum absolute atomic E-state index is 0.0319. The lowest BCUT2D eigenvalue weighted by Gasteiger charge is -2.31. The average molecular weight is 285 g/mol. The van der Waals surface area contributed by atoms with Gasteiger partial charge in [0.25, 0.3) is 0 Å². The molecular formula is C14H23NO5. The van der Waals surface area contributed by atoms with Gasteiger partial charge in [0, 0.05) is 20.0 Å². The van der Waals surface area contributed by atoms with Crippen molar-refractivity contribution in [2.24, 2.45) is 11.8 Å². The van der Waals surface area contributed by atoms with Crippen molar-refractivity contribution in [2.45, 2.75) is 39.7 Å². The first-order valence-electron chi connectivity index (χ1n) is 6.90. The average Bonchev–Trinajstić information content (AvgIpc) is 2.45. The van der Waals surface area contributed by atoms with Crippen LogP contribution in [0.25, 0.3) is 0 Å². The molecule has 6 nitrogen and oxygen atoms in total. The van der Waals surface area contributed by atoms with Crippen molar-refractivity contribution in [3.8, 4) is 0 Å². The maximum Gasteiger partial charge on any atom is 0.312 e. The molecule has 0 unspecified atom stereocenters. The largest absolute Gasteiger partial charge is 0.469 e. The van der Waals surface area contributed by atoms with Crippen LogP contribution in [0.2, 0.25) is 0 Å². The number of ether oxygens (including phenoxy) is 2. The molecule has 0 bridgehead atoms. The van der Waals surface area contributed by atoms with Gasteiger partial charge >= 0.3 is 11.9 Å². The fraction of sp³-hybridized carbons (Fsp3) is 0.786. The minimum Gasteiger partial charge on any atom is -0.469 e. The Balaban J connectivity index is 2.44. The van der Waals surface area contributed by atoms with Crippen molar-refractivity contribution in [3.63, 3.8) is 0 Å². The van der Waals surface area contributed by atoms with Gasteiger partial charge < -0.3 is 14.4 Å². The molecule has 2 atom stereocenters. The van der Waals surface area contributed by atoms with E-state index in [-0.39, 0.29) is 17.8 Å². The van der Waals surface area contributed by atoms with Crippen molar-refractivity contribution in [3.05, 3.63) is 0 Å². The molecule has 0 aromatic carbocycles. The van der Waals surface area contributed by atoms with E-state index >= 15 is 0 Å². The van der Waals surface area contributed by atoms with Crippen LogP contribution in [0.3, 0.4) is 0 Å². The van der Waals surface area contributed by atoms with Crippen molar-refractivity contribution < 1.29 is 23.9 Å². The molecule has 1 aliphatic heterocycles. The molecule has 0 spiro atoms. The van der Waals surface area contributed by atoms with Gasteiger partial charge in [0.2, 0.25) is 5.91 Å². The number of rotatable bonds is 4. The Hall–Kier alpha value is -1.59. The van der Waals surface area contributed by atoms with E-state index in [9.17, 15) is 14.4 Å². The number of piperidine rings is 1. The van der Waals surface area contributed by atoms with E-state index in [1.54, 1.807) is 18.7 Å². The summed E-state index contributed by atoms with van der Waals surface area (Å²) in [6, 6.07) is 0. The van der Waals surface area contributed by atoms with Crippen molar-refractivity contribution in [1.29, 1.82) is 0 Å². The Bertz CT molecular complexity index is 374. The van der Waals surface area contributed by atoms with Gasteiger partial charge in [0.05, 0.1) is 18.9 Å². The second kappa shape index (κ2) is 7.26. The Morgan fingerprint density at radius 3 is 2.15 bits per heavy atom. The minimum atomic E-state index is -0.513. The second-order valence-electron chi connectivity index (χ2n) is 5.23. The smallest absolute Gasteiger partial charge is 0.312 e. The highest BCUT2D eigenvalue weighted by molar-refractivity contribution is 5.76. The van der Waals surface area contributed by atoms with E-state index in [4.69, 9.17) is 4.74 Å². The SMILES string of the molecule is COC(=O)[C@H](C)[C@H](C)OC(=O)C1CCN(C(C)=O)CC1. The molecule has 6 heteroatoms. The lowest BCUT2D eigenvalue weighted by atomic mass is 9.96. The van der Waals surface area contributed by atoms with Gasteiger partial charge in [0.1, 0.15) is 6.10 Å². The molecule has 0 aliphatic carbocycles. The van der Waals surface area contributed by atoms with Crippen LogP contribution in [0, 0.1) is 11.8 Å². The third kappa shape index (κ3) is 4.21. The van der Waals surface area contributed by atoms with E-state index in [1.165, 1.54) is 14.0 Å². The summed E-state index contributed by atoms with van der Waals surface area (Å²) in [5.74, 6) is -1.34. The van der Waals surface area contributed by atoms with Gasteiger partial charge in [-0.05, 0) is 26.7 Å². The highest BCUT2D eigenvalue weighted by atomic mass is 16.6. The Morgan fingerprint density at radius 1 is 1.15 bits per heavy atom. The summed E-state index contributed by atoms with van der Waals surface area (Å²) in [7, 11) is 1.31. The number of esters is 2. The molecule has 0 aromatic rings. The lowest BCUT2D eigenvalue weighted by Crippen LogP contribution is -2.40. The Kier molecular flexibility index (Phi) is 5.98. The van der Waals surface area contributed by atoms with Gasteiger partial charge in [-0.2, -0.15) is 0 Å². The Morgan fingerprint density at radius 2 is 1.70 bits per heavy atom. The van der Waals surface area contributed by atoms with E-state index in [0.29, 0.717) is 25.9 Å². The molecule has 1 aliphatic rings. The van der Waals surface area contributed by atoms with Gasteiger partial charge in [-0.25, -0.2) is 0 Å². The third-order valence-electron chi connectivity index (χ3n) is 3.85. The van der Waals surface area contributed by atoms with Crippen LogP contribution in [0.1, 0.15) is 33.6 Å². The maximum absolute atomic E-state index is 12.0. The lowest BCUT2D eigenvalue weighted by molar-refractivity contribution is -0.163. The molecule has 1 amide bonds. The predicted octanol–water partition coefficient (Wildman–Crippen LogP) is 0.986. The quantitative estimate of drug-likeness (QED) is 0.720. The topological polar surface area (TPSA) is 72.9 Å². The van der Waals surface area contributed by atoms with Crippen LogP contribution in [-0.2, 0) is 23.9 Å². The van der Waals surface area contributed by atoms with E-state index in [2.05, 4.69) is 4.74 Å². The predicted molar refractivity (Wildman–Crippen MR) is 71.7 cm³/mol. The highest BCUT2D eigenvalue weighted by Gasteiger charge is 2.30. The normalized spacial score (nSPS) is 19.1. The summed E-state index contributed by atoms with van der Waals surface area (Å²) in [6.45, 7) is 6.04. The summed E-state index contributed by atoms with van der Waals surface area (Å²) in [5, 5.41) is 0. The highest BCUT2D eigenvalue weighted by Crippen LogP contribution is 2.20.